The second kappa shape index (κ2) is 11.4. The highest BCUT2D eigenvalue weighted by Gasteiger charge is 2.31. The molecule has 1 saturated heterocycles. The summed E-state index contributed by atoms with van der Waals surface area (Å²) in [4.78, 5) is 40.5. The number of nitrogens with one attached hydrogen (secondary N) is 2. The fourth-order valence-electron chi connectivity index (χ4n) is 4.47. The Bertz CT molecular complexity index is 1490. The van der Waals surface area contributed by atoms with Crippen LogP contribution in [0.4, 0.5) is 16.4 Å². The number of aromatic nitrogens is 5. The van der Waals surface area contributed by atoms with Crippen LogP contribution in [0.5, 0.6) is 5.88 Å². The van der Waals surface area contributed by atoms with Crippen LogP contribution in [0.25, 0.3) is 10.6 Å². The summed E-state index contributed by atoms with van der Waals surface area (Å²) >= 11 is 1.43. The molecule has 0 radical (unpaired) electrons. The molecule has 1 atom stereocenters. The Hall–Kier alpha value is -4.32. The number of hydrogen-bond donors (Lipinski definition) is 2. The number of amides is 3. The van der Waals surface area contributed by atoms with Gasteiger partial charge in [-0.25, -0.2) is 9.78 Å². The number of carbonyl (C=O) groups excluding carboxylic acids is 2. The molecule has 0 bridgehead atoms. The zero-order chi connectivity index (χ0) is 28.3. The number of thiazole rings is 1. The fraction of sp³-hybridized carbons (Fsp3) is 0.357. The lowest BCUT2D eigenvalue weighted by Gasteiger charge is -2.24. The molecular weight excluding hydrogens is 528 g/mol. The first kappa shape index (κ1) is 27.3. The van der Waals surface area contributed by atoms with Gasteiger partial charge in [-0.3, -0.25) is 25.1 Å². The molecule has 3 amide bonds. The molecule has 1 aliphatic heterocycles. The van der Waals surface area contributed by atoms with Crippen molar-refractivity contribution in [1.29, 1.82) is 0 Å². The van der Waals surface area contributed by atoms with E-state index in [0.717, 1.165) is 22.7 Å². The van der Waals surface area contributed by atoms with Crippen molar-refractivity contribution in [3.05, 3.63) is 65.6 Å². The summed E-state index contributed by atoms with van der Waals surface area (Å²) in [7, 11) is 0. The number of urea groups is 1. The third-order valence-electron chi connectivity index (χ3n) is 6.36. The minimum atomic E-state index is -0.453. The number of pyridine rings is 2. The molecule has 11 nitrogen and oxygen atoms in total. The second-order valence-corrected chi connectivity index (χ2v) is 11.5. The first-order valence-corrected chi connectivity index (χ1v) is 13.9. The third kappa shape index (κ3) is 6.45. The SMILES string of the molecule is Cc1cc(C(=O)N2CCC(COc3cccc(NC(=O)Nc4csc(-c5ccncc5)n4)n3)C2)n(C(C)(C)C)n1. The van der Waals surface area contributed by atoms with Gasteiger partial charge in [-0.2, -0.15) is 10.1 Å². The van der Waals surface area contributed by atoms with Crippen LogP contribution < -0.4 is 15.4 Å². The lowest BCUT2D eigenvalue weighted by molar-refractivity contribution is 0.0762. The summed E-state index contributed by atoms with van der Waals surface area (Å²) in [6.07, 6.45) is 4.23. The van der Waals surface area contributed by atoms with Crippen LogP contribution in [0, 0.1) is 12.8 Å². The topological polar surface area (TPSA) is 127 Å². The molecule has 0 spiro atoms. The maximum atomic E-state index is 13.3. The van der Waals surface area contributed by atoms with Crippen LogP contribution in [0.3, 0.4) is 0 Å². The van der Waals surface area contributed by atoms with E-state index >= 15 is 0 Å². The smallest absolute Gasteiger partial charge is 0.326 e. The van der Waals surface area contributed by atoms with Crippen molar-refractivity contribution in [3.8, 4) is 16.5 Å². The predicted octanol–water partition coefficient (Wildman–Crippen LogP) is 5.05. The van der Waals surface area contributed by atoms with E-state index in [2.05, 4.69) is 30.7 Å². The minimum Gasteiger partial charge on any atom is -0.477 e. The molecule has 0 aliphatic carbocycles. The minimum absolute atomic E-state index is 0.0126. The molecule has 12 heteroatoms. The highest BCUT2D eigenvalue weighted by atomic mass is 32.1. The van der Waals surface area contributed by atoms with Crippen molar-refractivity contribution >= 4 is 34.9 Å². The number of carbonyl (C=O) groups is 2. The average Bonchev–Trinajstić information content (AvgIpc) is 3.67. The molecule has 4 aromatic heterocycles. The lowest BCUT2D eigenvalue weighted by Crippen LogP contribution is -2.35. The lowest BCUT2D eigenvalue weighted by atomic mass is 10.1. The van der Waals surface area contributed by atoms with Crippen molar-refractivity contribution < 1.29 is 14.3 Å². The maximum absolute atomic E-state index is 13.3. The van der Waals surface area contributed by atoms with E-state index in [1.807, 2.05) is 50.8 Å². The number of aryl methyl sites for hydroxylation is 1. The molecule has 5 rings (SSSR count). The number of likely N-dealkylation sites (tertiary alicyclic amines) is 1. The number of rotatable bonds is 7. The van der Waals surface area contributed by atoms with Gasteiger partial charge in [-0.15, -0.1) is 11.3 Å². The summed E-state index contributed by atoms with van der Waals surface area (Å²) in [6, 6.07) is 10.3. The van der Waals surface area contributed by atoms with Crippen molar-refractivity contribution in [3.63, 3.8) is 0 Å². The normalized spacial score (nSPS) is 15.2. The Labute approximate surface area is 236 Å². The van der Waals surface area contributed by atoms with Crippen molar-refractivity contribution in [2.24, 2.45) is 5.92 Å². The predicted molar refractivity (Wildman–Crippen MR) is 154 cm³/mol. The summed E-state index contributed by atoms with van der Waals surface area (Å²) in [5, 5.41) is 12.5. The van der Waals surface area contributed by atoms with Gasteiger partial charge in [0, 0.05) is 48.4 Å². The summed E-state index contributed by atoms with van der Waals surface area (Å²) in [5.41, 5.74) is 2.08. The van der Waals surface area contributed by atoms with E-state index in [4.69, 9.17) is 4.74 Å². The zero-order valence-corrected chi connectivity index (χ0v) is 23.7. The van der Waals surface area contributed by atoms with Crippen LogP contribution in [-0.2, 0) is 5.54 Å². The Morgan fingerprint density at radius 3 is 2.65 bits per heavy atom. The molecule has 0 aromatic carbocycles. The zero-order valence-electron chi connectivity index (χ0n) is 22.9. The van der Waals surface area contributed by atoms with E-state index in [9.17, 15) is 9.59 Å². The van der Waals surface area contributed by atoms with Crippen LogP contribution >= 0.6 is 11.3 Å². The fourth-order valence-corrected chi connectivity index (χ4v) is 5.23. The standard InChI is InChI=1S/C28H32N8O3S/c1-18-14-21(36(34-18)28(2,3)4)26(37)35-13-10-19(15-35)16-39-24-7-5-6-22(30-24)32-27(38)33-23-17-40-25(31-23)20-8-11-29-12-9-20/h5-9,11-12,14,17,19H,10,13,15-16H2,1-4H3,(H2,30,32,33,38). The monoisotopic (exact) mass is 560 g/mol. The van der Waals surface area contributed by atoms with E-state index < -0.39 is 6.03 Å². The van der Waals surface area contributed by atoms with E-state index in [-0.39, 0.29) is 17.4 Å². The van der Waals surface area contributed by atoms with Crippen LogP contribution in [0.2, 0.25) is 0 Å². The largest absolute Gasteiger partial charge is 0.477 e. The van der Waals surface area contributed by atoms with Crippen molar-refractivity contribution in [2.45, 2.75) is 39.7 Å². The van der Waals surface area contributed by atoms with Crippen LogP contribution in [0.15, 0.2) is 54.2 Å². The highest BCUT2D eigenvalue weighted by Crippen LogP contribution is 2.26. The quantitative estimate of drug-likeness (QED) is 0.324. The van der Waals surface area contributed by atoms with Crippen molar-refractivity contribution in [2.75, 3.05) is 30.3 Å². The molecule has 40 heavy (non-hydrogen) atoms. The van der Waals surface area contributed by atoms with E-state index in [1.54, 1.807) is 40.7 Å². The third-order valence-corrected chi connectivity index (χ3v) is 7.26. The summed E-state index contributed by atoms with van der Waals surface area (Å²) in [6.45, 7) is 9.69. The molecule has 4 aromatic rings. The van der Waals surface area contributed by atoms with Gasteiger partial charge < -0.3 is 9.64 Å². The second-order valence-electron chi connectivity index (χ2n) is 10.7. The maximum Gasteiger partial charge on any atom is 0.326 e. The molecule has 2 N–H and O–H groups in total. The van der Waals surface area contributed by atoms with Gasteiger partial charge in [0.1, 0.15) is 22.3 Å². The highest BCUT2D eigenvalue weighted by molar-refractivity contribution is 7.13. The Kier molecular flexibility index (Phi) is 7.78. The van der Waals surface area contributed by atoms with Gasteiger partial charge in [0.2, 0.25) is 5.88 Å². The molecular formula is C28H32N8O3S. The van der Waals surface area contributed by atoms with Crippen LogP contribution in [-0.4, -0.2) is 61.3 Å². The van der Waals surface area contributed by atoms with Gasteiger partial charge in [0.05, 0.1) is 17.8 Å². The average molecular weight is 561 g/mol. The first-order chi connectivity index (χ1) is 19.2. The molecule has 208 valence electrons. The number of anilines is 2. The van der Waals surface area contributed by atoms with E-state index in [1.165, 1.54) is 11.3 Å². The van der Waals surface area contributed by atoms with Gasteiger partial charge >= 0.3 is 6.03 Å². The van der Waals surface area contributed by atoms with Gasteiger partial charge in [-0.05, 0) is 58.4 Å². The summed E-state index contributed by atoms with van der Waals surface area (Å²) in [5.74, 6) is 1.37. The molecule has 1 unspecified atom stereocenters. The molecule has 1 aliphatic rings. The Balaban J connectivity index is 1.12. The molecule has 0 saturated carbocycles. The number of nitrogens with zero attached hydrogens (tertiary/aromatic N) is 6. The van der Waals surface area contributed by atoms with Crippen molar-refractivity contribution in [1.82, 2.24) is 29.6 Å². The Morgan fingerprint density at radius 2 is 1.88 bits per heavy atom. The first-order valence-electron chi connectivity index (χ1n) is 13.1. The molecule has 1 fully saturated rings. The summed E-state index contributed by atoms with van der Waals surface area (Å²) < 4.78 is 7.75. The Morgan fingerprint density at radius 1 is 1.10 bits per heavy atom. The number of hydrogen-bond acceptors (Lipinski definition) is 8. The van der Waals surface area contributed by atoms with Crippen LogP contribution in [0.1, 0.15) is 43.4 Å². The van der Waals surface area contributed by atoms with Gasteiger partial charge in [0.25, 0.3) is 5.91 Å². The van der Waals surface area contributed by atoms with Gasteiger partial charge in [-0.1, -0.05) is 6.07 Å². The van der Waals surface area contributed by atoms with E-state index in [0.29, 0.717) is 42.9 Å². The number of ether oxygens (including phenoxy) is 1. The van der Waals surface area contributed by atoms with Gasteiger partial charge in [0.15, 0.2) is 0 Å². The molecule has 5 heterocycles.